The number of benzene rings is 2. The molecule has 132 valence electrons. The summed E-state index contributed by atoms with van der Waals surface area (Å²) in [4.78, 5) is 16.3. The van der Waals surface area contributed by atoms with E-state index in [-0.39, 0.29) is 0 Å². The third kappa shape index (κ3) is 3.85. The Hall–Kier alpha value is -2.33. The van der Waals surface area contributed by atoms with Crippen molar-refractivity contribution in [3.63, 3.8) is 0 Å². The Morgan fingerprint density at radius 2 is 1.56 bits per heavy atom. The molecule has 1 saturated heterocycles. The zero-order valence-electron chi connectivity index (χ0n) is 15.2. The van der Waals surface area contributed by atoms with E-state index in [1.54, 1.807) is 0 Å². The highest BCUT2D eigenvalue weighted by Crippen LogP contribution is 2.26. The van der Waals surface area contributed by atoms with E-state index in [4.69, 9.17) is 0 Å². The Morgan fingerprint density at radius 1 is 0.920 bits per heavy atom. The van der Waals surface area contributed by atoms with Crippen LogP contribution in [0.4, 0.5) is 5.69 Å². The number of hydrogen-bond donors (Lipinski definition) is 1. The monoisotopic (exact) mass is 338 g/mol. The molecule has 1 fully saturated rings. The Bertz CT molecular complexity index is 747. The van der Waals surface area contributed by atoms with Crippen molar-refractivity contribution in [1.82, 2.24) is 4.90 Å². The molecule has 4 heteroatoms. The van der Waals surface area contributed by atoms with Gasteiger partial charge in [0.05, 0.1) is 0 Å². The highest BCUT2D eigenvalue weighted by Gasteiger charge is 2.30. The topological polar surface area (TPSA) is 43.8 Å². The number of carbonyl (C=O) groups is 1. The molecule has 0 aromatic heterocycles. The van der Waals surface area contributed by atoms with Crippen LogP contribution >= 0.6 is 0 Å². The largest absolute Gasteiger partial charge is 0.480 e. The van der Waals surface area contributed by atoms with Crippen LogP contribution in [0.5, 0.6) is 0 Å². The Balaban J connectivity index is 1.72. The lowest BCUT2D eigenvalue weighted by Gasteiger charge is -2.39. The van der Waals surface area contributed by atoms with Gasteiger partial charge in [-0.2, -0.15) is 0 Å². The second-order valence-electron chi connectivity index (χ2n) is 6.94. The average Bonchev–Trinajstić information content (AvgIpc) is 2.60. The fourth-order valence-electron chi connectivity index (χ4n) is 3.42. The van der Waals surface area contributed by atoms with Crippen molar-refractivity contribution < 1.29 is 9.90 Å². The van der Waals surface area contributed by atoms with E-state index in [1.165, 1.54) is 16.8 Å². The smallest absolute Gasteiger partial charge is 0.325 e. The van der Waals surface area contributed by atoms with E-state index >= 15 is 0 Å². The molecule has 0 radical (unpaired) electrons. The van der Waals surface area contributed by atoms with Crippen LogP contribution in [0, 0.1) is 20.8 Å². The maximum atomic E-state index is 11.9. The number of aliphatic carboxylic acids is 1. The van der Waals surface area contributed by atoms with Gasteiger partial charge in [0.25, 0.3) is 0 Å². The molecule has 1 atom stereocenters. The molecule has 0 bridgehead atoms. The van der Waals surface area contributed by atoms with Crippen LogP contribution in [0.2, 0.25) is 0 Å². The summed E-state index contributed by atoms with van der Waals surface area (Å²) in [5.41, 5.74) is 5.82. The molecule has 25 heavy (non-hydrogen) atoms. The average molecular weight is 338 g/mol. The zero-order chi connectivity index (χ0) is 18.0. The molecule has 1 N–H and O–H groups in total. The minimum atomic E-state index is -0.775. The molecule has 0 aliphatic carbocycles. The van der Waals surface area contributed by atoms with Gasteiger partial charge in [-0.25, -0.2) is 0 Å². The van der Waals surface area contributed by atoms with Gasteiger partial charge in [-0.3, -0.25) is 9.69 Å². The normalized spacial score (nSPS) is 16.7. The number of carboxylic acid groups (broad SMARTS) is 1. The van der Waals surface area contributed by atoms with Gasteiger partial charge in [-0.15, -0.1) is 0 Å². The second-order valence-corrected chi connectivity index (χ2v) is 6.94. The Morgan fingerprint density at radius 3 is 2.12 bits per heavy atom. The van der Waals surface area contributed by atoms with Gasteiger partial charge in [0.2, 0.25) is 0 Å². The van der Waals surface area contributed by atoms with E-state index in [2.05, 4.69) is 41.8 Å². The SMILES string of the molecule is Cc1ccc([C@H](C(=O)O)N2CCN(c3ccc(C)c(C)c3)CC2)cc1. The van der Waals surface area contributed by atoms with E-state index in [0.717, 1.165) is 37.3 Å². The van der Waals surface area contributed by atoms with Crippen LogP contribution < -0.4 is 4.90 Å². The molecule has 4 nitrogen and oxygen atoms in total. The van der Waals surface area contributed by atoms with Crippen molar-refractivity contribution >= 4 is 11.7 Å². The van der Waals surface area contributed by atoms with Crippen molar-refractivity contribution in [1.29, 1.82) is 0 Å². The van der Waals surface area contributed by atoms with Crippen molar-refractivity contribution in [2.24, 2.45) is 0 Å². The second kappa shape index (κ2) is 7.28. The molecule has 0 unspecified atom stereocenters. The van der Waals surface area contributed by atoms with Gasteiger partial charge < -0.3 is 10.0 Å². The summed E-state index contributed by atoms with van der Waals surface area (Å²) in [7, 11) is 0. The number of anilines is 1. The number of hydrogen-bond acceptors (Lipinski definition) is 3. The van der Waals surface area contributed by atoms with Crippen molar-refractivity contribution in [2.75, 3.05) is 31.1 Å². The van der Waals surface area contributed by atoms with Crippen LogP contribution in [0.25, 0.3) is 0 Å². The molecule has 0 spiro atoms. The van der Waals surface area contributed by atoms with Crippen LogP contribution in [0.15, 0.2) is 42.5 Å². The quantitative estimate of drug-likeness (QED) is 0.926. The Labute approximate surface area is 149 Å². The molecule has 2 aromatic rings. The molecule has 3 rings (SSSR count). The molecule has 1 heterocycles. The number of carboxylic acids is 1. The fraction of sp³-hybridized carbons (Fsp3) is 0.381. The lowest BCUT2D eigenvalue weighted by atomic mass is 10.0. The Kier molecular flexibility index (Phi) is 5.09. The first-order valence-electron chi connectivity index (χ1n) is 8.81. The summed E-state index contributed by atoms with van der Waals surface area (Å²) < 4.78 is 0. The lowest BCUT2D eigenvalue weighted by molar-refractivity contribution is -0.143. The summed E-state index contributed by atoms with van der Waals surface area (Å²) in [5.74, 6) is -0.775. The first kappa shape index (κ1) is 17.5. The molecular weight excluding hydrogens is 312 g/mol. The maximum Gasteiger partial charge on any atom is 0.325 e. The van der Waals surface area contributed by atoms with Gasteiger partial charge in [0.1, 0.15) is 6.04 Å². The van der Waals surface area contributed by atoms with E-state index in [0.29, 0.717) is 0 Å². The molecular formula is C21H26N2O2. The van der Waals surface area contributed by atoms with Gasteiger partial charge in [-0.05, 0) is 49.6 Å². The number of rotatable bonds is 4. The fourth-order valence-corrected chi connectivity index (χ4v) is 3.42. The van der Waals surface area contributed by atoms with Gasteiger partial charge in [0.15, 0.2) is 0 Å². The lowest BCUT2D eigenvalue weighted by Crippen LogP contribution is -2.49. The predicted molar refractivity (Wildman–Crippen MR) is 101 cm³/mol. The molecule has 1 aliphatic rings. The van der Waals surface area contributed by atoms with E-state index in [1.807, 2.05) is 31.2 Å². The summed E-state index contributed by atoms with van der Waals surface area (Å²) >= 11 is 0. The van der Waals surface area contributed by atoms with E-state index < -0.39 is 12.0 Å². The summed E-state index contributed by atoms with van der Waals surface area (Å²) in [5, 5.41) is 9.74. The molecule has 0 amide bonds. The van der Waals surface area contributed by atoms with Crippen LogP contribution in [-0.2, 0) is 4.79 Å². The maximum absolute atomic E-state index is 11.9. The van der Waals surface area contributed by atoms with Crippen LogP contribution in [0.1, 0.15) is 28.3 Å². The van der Waals surface area contributed by atoms with Crippen molar-refractivity contribution in [3.8, 4) is 0 Å². The third-order valence-electron chi connectivity index (χ3n) is 5.16. The predicted octanol–water partition coefficient (Wildman–Crippen LogP) is 3.56. The van der Waals surface area contributed by atoms with E-state index in [9.17, 15) is 9.90 Å². The van der Waals surface area contributed by atoms with Crippen LogP contribution in [0.3, 0.4) is 0 Å². The minimum absolute atomic E-state index is 0.567. The van der Waals surface area contributed by atoms with Crippen LogP contribution in [-0.4, -0.2) is 42.2 Å². The summed E-state index contributed by atoms with van der Waals surface area (Å²) in [6.07, 6.45) is 0. The molecule has 1 aliphatic heterocycles. The van der Waals surface area contributed by atoms with Crippen molar-refractivity contribution in [3.05, 3.63) is 64.7 Å². The molecule has 2 aromatic carbocycles. The van der Waals surface area contributed by atoms with Gasteiger partial charge >= 0.3 is 5.97 Å². The highest BCUT2D eigenvalue weighted by atomic mass is 16.4. The summed E-state index contributed by atoms with van der Waals surface area (Å²) in [6, 6.07) is 13.8. The van der Waals surface area contributed by atoms with Crippen molar-refractivity contribution in [2.45, 2.75) is 26.8 Å². The zero-order valence-corrected chi connectivity index (χ0v) is 15.2. The first-order chi connectivity index (χ1) is 12.0. The number of aryl methyl sites for hydroxylation is 3. The third-order valence-corrected chi connectivity index (χ3v) is 5.16. The van der Waals surface area contributed by atoms with Gasteiger partial charge in [0, 0.05) is 31.9 Å². The first-order valence-corrected chi connectivity index (χ1v) is 8.81. The number of piperazine rings is 1. The van der Waals surface area contributed by atoms with Gasteiger partial charge in [-0.1, -0.05) is 35.9 Å². The summed E-state index contributed by atoms with van der Waals surface area (Å²) in [6.45, 7) is 9.46. The highest BCUT2D eigenvalue weighted by molar-refractivity contribution is 5.75. The number of nitrogens with zero attached hydrogens (tertiary/aromatic N) is 2. The molecule has 0 saturated carbocycles. The minimum Gasteiger partial charge on any atom is -0.480 e. The standard InChI is InChI=1S/C21H26N2O2/c1-15-4-7-18(8-5-15)20(21(24)25)23-12-10-22(11-13-23)19-9-6-16(2)17(3)14-19/h4-9,14,20H,10-13H2,1-3H3,(H,24,25)/t20-/m1/s1.